The highest BCUT2D eigenvalue weighted by atomic mass is 16.6. The van der Waals surface area contributed by atoms with E-state index in [-0.39, 0.29) is 63.4 Å². The van der Waals surface area contributed by atoms with Crippen LogP contribution in [0.5, 0.6) is 0 Å². The SMILES string of the molecule is CC1(C)[C@@H]2CC[C@@]1(C)[C@H](OC(=O)C[N+](C)(C)CC(=O)O[C@@H]1C[C@@H]3CC[C@@]1(C)C3(C)C)C2. The molecule has 0 aromatic carbocycles. The van der Waals surface area contributed by atoms with Crippen molar-refractivity contribution in [2.45, 2.75) is 92.3 Å². The molecule has 0 spiro atoms. The summed E-state index contributed by atoms with van der Waals surface area (Å²) in [6.07, 6.45) is 6.68. The van der Waals surface area contributed by atoms with Crippen molar-refractivity contribution in [3.8, 4) is 0 Å². The van der Waals surface area contributed by atoms with Gasteiger partial charge < -0.3 is 14.0 Å². The third-order valence-corrected chi connectivity index (χ3v) is 11.1. The second-order valence-corrected chi connectivity index (χ2v) is 13.4. The molecule has 4 aliphatic carbocycles. The van der Waals surface area contributed by atoms with Gasteiger partial charge in [-0.1, -0.05) is 41.5 Å². The summed E-state index contributed by atoms with van der Waals surface area (Å²) in [7, 11) is 3.84. The van der Waals surface area contributed by atoms with Crippen molar-refractivity contribution >= 4 is 11.9 Å². The molecule has 0 N–H and O–H groups in total. The fraction of sp³-hybridized carbons (Fsp3) is 0.923. The summed E-state index contributed by atoms with van der Waals surface area (Å²) in [5.41, 5.74) is 0.564. The number of esters is 2. The van der Waals surface area contributed by atoms with E-state index in [1.54, 1.807) is 0 Å². The highest BCUT2D eigenvalue weighted by Gasteiger charge is 2.64. The third kappa shape index (κ3) is 3.36. The molecule has 0 aromatic rings. The number of carbonyl (C=O) groups excluding carboxylic acids is 2. The lowest BCUT2D eigenvalue weighted by Gasteiger charge is -2.39. The first-order valence-electron chi connectivity index (χ1n) is 12.3. The Balaban J connectivity index is 1.30. The maximum absolute atomic E-state index is 12.8. The molecule has 31 heavy (non-hydrogen) atoms. The van der Waals surface area contributed by atoms with E-state index in [4.69, 9.17) is 9.47 Å². The summed E-state index contributed by atoms with van der Waals surface area (Å²) in [5.74, 6) is 0.890. The minimum absolute atomic E-state index is 0.00285. The van der Waals surface area contributed by atoms with Crippen LogP contribution in [0.4, 0.5) is 0 Å². The van der Waals surface area contributed by atoms with Gasteiger partial charge in [0.25, 0.3) is 0 Å². The Morgan fingerprint density at radius 2 is 1.10 bits per heavy atom. The summed E-state index contributed by atoms with van der Waals surface area (Å²) in [6, 6.07) is 0. The number of likely N-dealkylation sites (N-methyl/N-ethyl adjacent to an activating group) is 1. The summed E-state index contributed by atoms with van der Waals surface area (Å²) in [6.45, 7) is 14.3. The van der Waals surface area contributed by atoms with E-state index in [1.165, 1.54) is 12.8 Å². The van der Waals surface area contributed by atoms with E-state index >= 15 is 0 Å². The van der Waals surface area contributed by atoms with Gasteiger partial charge >= 0.3 is 11.9 Å². The molecule has 176 valence electrons. The zero-order valence-corrected chi connectivity index (χ0v) is 21.0. The van der Waals surface area contributed by atoms with Gasteiger partial charge in [-0.05, 0) is 61.2 Å². The van der Waals surface area contributed by atoms with Crippen LogP contribution in [0.15, 0.2) is 0 Å². The van der Waals surface area contributed by atoms with Crippen LogP contribution in [-0.4, -0.2) is 55.8 Å². The Morgan fingerprint density at radius 3 is 1.35 bits per heavy atom. The lowest BCUT2D eigenvalue weighted by Crippen LogP contribution is -2.50. The van der Waals surface area contributed by atoms with Gasteiger partial charge in [-0.3, -0.25) is 0 Å². The minimum Gasteiger partial charge on any atom is -0.458 e. The lowest BCUT2D eigenvalue weighted by molar-refractivity contribution is -0.875. The van der Waals surface area contributed by atoms with Gasteiger partial charge in [0, 0.05) is 10.8 Å². The van der Waals surface area contributed by atoms with E-state index in [0.717, 1.165) is 25.7 Å². The van der Waals surface area contributed by atoms with Crippen LogP contribution in [0, 0.1) is 33.5 Å². The Bertz CT molecular complexity index is 709. The molecule has 0 aliphatic heterocycles. The van der Waals surface area contributed by atoms with Crippen LogP contribution >= 0.6 is 0 Å². The normalized spacial score (nSPS) is 42.1. The zero-order valence-electron chi connectivity index (χ0n) is 21.0. The molecule has 5 nitrogen and oxygen atoms in total. The summed E-state index contributed by atoms with van der Waals surface area (Å²) >= 11 is 0. The van der Waals surface area contributed by atoms with Crippen LogP contribution in [0.2, 0.25) is 0 Å². The van der Waals surface area contributed by atoms with Crippen LogP contribution in [0.25, 0.3) is 0 Å². The summed E-state index contributed by atoms with van der Waals surface area (Å²) in [5, 5.41) is 0. The number of nitrogens with zero attached hydrogens (tertiary/aromatic N) is 1. The predicted octanol–water partition coefficient (Wildman–Crippen LogP) is 4.58. The van der Waals surface area contributed by atoms with E-state index in [2.05, 4.69) is 41.5 Å². The number of quaternary nitrogens is 1. The smallest absolute Gasteiger partial charge is 0.362 e. The van der Waals surface area contributed by atoms with E-state index in [0.29, 0.717) is 11.8 Å². The first-order chi connectivity index (χ1) is 14.1. The quantitative estimate of drug-likeness (QED) is 0.454. The Morgan fingerprint density at radius 1 is 0.742 bits per heavy atom. The molecule has 0 radical (unpaired) electrons. The van der Waals surface area contributed by atoms with Crippen molar-refractivity contribution in [2.75, 3.05) is 27.2 Å². The molecule has 6 atom stereocenters. The maximum Gasteiger partial charge on any atom is 0.362 e. The van der Waals surface area contributed by atoms with Gasteiger partial charge in [-0.25, -0.2) is 9.59 Å². The molecule has 4 fully saturated rings. The Labute approximate surface area is 188 Å². The van der Waals surface area contributed by atoms with Crippen molar-refractivity contribution in [2.24, 2.45) is 33.5 Å². The highest BCUT2D eigenvalue weighted by molar-refractivity contribution is 5.73. The van der Waals surface area contributed by atoms with Crippen LogP contribution in [0.3, 0.4) is 0 Å². The van der Waals surface area contributed by atoms with Crippen LogP contribution in [-0.2, 0) is 19.1 Å². The van der Waals surface area contributed by atoms with Gasteiger partial charge in [0.05, 0.1) is 14.1 Å². The molecule has 4 aliphatic rings. The molecule has 4 rings (SSSR count). The van der Waals surface area contributed by atoms with E-state index in [9.17, 15) is 9.59 Å². The minimum atomic E-state index is -0.194. The number of hydrogen-bond acceptors (Lipinski definition) is 4. The zero-order chi connectivity index (χ0) is 23.0. The molecule has 4 bridgehead atoms. The van der Waals surface area contributed by atoms with Gasteiger partial charge in [0.1, 0.15) is 12.2 Å². The topological polar surface area (TPSA) is 52.6 Å². The molecular formula is C26H44NO4+. The fourth-order valence-electron chi connectivity index (χ4n) is 7.76. The highest BCUT2D eigenvalue weighted by Crippen LogP contribution is 2.67. The third-order valence-electron chi connectivity index (χ3n) is 11.1. The van der Waals surface area contributed by atoms with Crippen molar-refractivity contribution < 1.29 is 23.5 Å². The average Bonchev–Trinajstić information content (AvgIpc) is 3.12. The van der Waals surface area contributed by atoms with Crippen molar-refractivity contribution in [1.82, 2.24) is 0 Å². The van der Waals surface area contributed by atoms with Gasteiger partial charge in [-0.2, -0.15) is 0 Å². The predicted molar refractivity (Wildman–Crippen MR) is 120 cm³/mol. The molecule has 0 amide bonds. The molecule has 0 aromatic heterocycles. The number of ether oxygens (including phenoxy) is 2. The summed E-state index contributed by atoms with van der Waals surface area (Å²) in [4.78, 5) is 25.6. The average molecular weight is 435 g/mol. The maximum atomic E-state index is 12.8. The number of hydrogen-bond donors (Lipinski definition) is 0. The monoisotopic (exact) mass is 434 g/mol. The Hall–Kier alpha value is -1.10. The molecule has 0 heterocycles. The number of fused-ring (bicyclic) bond motifs is 4. The second-order valence-electron chi connectivity index (χ2n) is 13.4. The van der Waals surface area contributed by atoms with Crippen molar-refractivity contribution in [1.29, 1.82) is 0 Å². The second kappa shape index (κ2) is 6.95. The molecule has 0 unspecified atom stereocenters. The van der Waals surface area contributed by atoms with Crippen molar-refractivity contribution in [3.05, 3.63) is 0 Å². The fourth-order valence-corrected chi connectivity index (χ4v) is 7.76. The lowest BCUT2D eigenvalue weighted by atomic mass is 9.70. The summed E-state index contributed by atoms with van der Waals surface area (Å²) < 4.78 is 12.3. The molecular weight excluding hydrogens is 390 g/mol. The van der Waals surface area contributed by atoms with E-state index in [1.807, 2.05) is 14.1 Å². The standard InChI is InChI=1S/C26H44NO4/c1-23(2)17-9-11-25(23,5)19(13-17)30-21(28)15-27(7,8)16-22(29)31-20-14-18-10-12-26(20,6)24(18,3)4/h17-20H,9-16H2,1-8H3/q+1/t17-,18+,19-,20-,25+,26-/m1/s1. The van der Waals surface area contributed by atoms with Crippen LogP contribution < -0.4 is 0 Å². The van der Waals surface area contributed by atoms with Gasteiger partial charge in [-0.15, -0.1) is 0 Å². The van der Waals surface area contributed by atoms with Gasteiger partial charge in [0.15, 0.2) is 13.1 Å². The molecule has 5 heteroatoms. The van der Waals surface area contributed by atoms with E-state index < -0.39 is 0 Å². The number of carbonyl (C=O) groups is 2. The van der Waals surface area contributed by atoms with Crippen molar-refractivity contribution in [3.63, 3.8) is 0 Å². The van der Waals surface area contributed by atoms with Crippen LogP contribution in [0.1, 0.15) is 80.1 Å². The molecule has 0 saturated heterocycles. The first-order valence-corrected chi connectivity index (χ1v) is 12.3. The van der Waals surface area contributed by atoms with Gasteiger partial charge in [0.2, 0.25) is 0 Å². The molecule has 4 saturated carbocycles. The number of rotatable bonds is 6. The first kappa shape index (κ1) is 23.1. The Kier molecular flexibility index (Phi) is 5.17. The largest absolute Gasteiger partial charge is 0.458 e.